The minimum absolute atomic E-state index is 0.0283. The zero-order chi connectivity index (χ0) is 15.7. The zero-order valence-electron chi connectivity index (χ0n) is 12.5. The van der Waals surface area contributed by atoms with Crippen LogP contribution in [-0.4, -0.2) is 21.9 Å². The molecule has 4 nitrogen and oxygen atoms in total. The fourth-order valence-corrected chi connectivity index (χ4v) is 3.37. The fraction of sp³-hybridized carbons (Fsp3) is 0.235. The average molecular weight is 315 g/mol. The number of rotatable bonds is 4. The third kappa shape index (κ3) is 2.90. The Hall–Kier alpha value is -2.14. The second-order valence-corrected chi connectivity index (χ2v) is 6.92. The van der Waals surface area contributed by atoms with E-state index in [-0.39, 0.29) is 17.7 Å². The van der Waals surface area contributed by atoms with Crippen LogP contribution in [0.25, 0.3) is 21.9 Å². The van der Waals surface area contributed by atoms with Gasteiger partial charge < -0.3 is 9.73 Å². The van der Waals surface area contributed by atoms with Gasteiger partial charge in [0.1, 0.15) is 16.9 Å². The van der Waals surface area contributed by atoms with Gasteiger partial charge in [-0.15, -0.1) is 0 Å². The number of carbonyl (C=O) groups is 1. The first-order valence-electron chi connectivity index (χ1n) is 7.13. The van der Waals surface area contributed by atoms with Crippen molar-refractivity contribution in [2.45, 2.75) is 24.8 Å². The maximum absolute atomic E-state index is 12.4. The Morgan fingerprint density at radius 3 is 2.64 bits per heavy atom. The van der Waals surface area contributed by atoms with Crippen LogP contribution >= 0.6 is 0 Å². The van der Waals surface area contributed by atoms with Gasteiger partial charge in [0.05, 0.1) is 10.8 Å². The zero-order valence-corrected chi connectivity index (χ0v) is 13.3. The summed E-state index contributed by atoms with van der Waals surface area (Å²) in [6.07, 6.45) is 0. The van der Waals surface area contributed by atoms with Crippen LogP contribution < -0.4 is 5.32 Å². The van der Waals surface area contributed by atoms with Gasteiger partial charge in [0.25, 0.3) is 0 Å². The lowest BCUT2D eigenvalue weighted by molar-refractivity contribution is -0.119. The Morgan fingerprint density at radius 2 is 1.86 bits per heavy atom. The van der Waals surface area contributed by atoms with Crippen molar-refractivity contribution in [3.63, 3.8) is 0 Å². The minimum atomic E-state index is -1.37. The van der Waals surface area contributed by atoms with Crippen LogP contribution in [0.4, 0.5) is 0 Å². The van der Waals surface area contributed by atoms with Crippen LogP contribution in [0.15, 0.2) is 51.8 Å². The van der Waals surface area contributed by atoms with E-state index in [9.17, 15) is 9.00 Å². The van der Waals surface area contributed by atoms with Crippen LogP contribution in [0, 0.1) is 0 Å². The van der Waals surface area contributed by atoms with Gasteiger partial charge in [0, 0.05) is 21.7 Å². The van der Waals surface area contributed by atoms with Crippen molar-refractivity contribution >= 4 is 38.6 Å². The van der Waals surface area contributed by atoms with Crippen molar-refractivity contribution in [2.75, 3.05) is 5.75 Å². The van der Waals surface area contributed by atoms with Gasteiger partial charge in [0.15, 0.2) is 0 Å². The lowest BCUT2D eigenvalue weighted by Gasteiger charge is -2.08. The molecular weight excluding hydrogens is 298 g/mol. The van der Waals surface area contributed by atoms with Gasteiger partial charge in [-0.2, -0.15) is 0 Å². The topological polar surface area (TPSA) is 59.3 Å². The van der Waals surface area contributed by atoms with Crippen LogP contribution in [0.1, 0.15) is 13.8 Å². The fourth-order valence-electron chi connectivity index (χ4n) is 2.41. The Labute approximate surface area is 130 Å². The highest BCUT2D eigenvalue weighted by Crippen LogP contribution is 2.29. The van der Waals surface area contributed by atoms with Gasteiger partial charge in [-0.25, -0.2) is 0 Å². The summed E-state index contributed by atoms with van der Waals surface area (Å²) in [6.45, 7) is 3.76. The van der Waals surface area contributed by atoms with Crippen molar-refractivity contribution in [2.24, 2.45) is 0 Å². The summed E-state index contributed by atoms with van der Waals surface area (Å²) in [6, 6.07) is 13.2. The molecule has 1 unspecified atom stereocenters. The van der Waals surface area contributed by atoms with Gasteiger partial charge in [-0.05, 0) is 38.1 Å². The molecule has 1 heterocycles. The van der Waals surface area contributed by atoms with E-state index < -0.39 is 10.8 Å². The molecule has 0 saturated heterocycles. The molecule has 0 aliphatic rings. The molecule has 3 aromatic rings. The summed E-state index contributed by atoms with van der Waals surface area (Å²) >= 11 is 0. The molecule has 0 aliphatic heterocycles. The van der Waals surface area contributed by atoms with Gasteiger partial charge >= 0.3 is 0 Å². The van der Waals surface area contributed by atoms with Crippen LogP contribution in [0.3, 0.4) is 0 Å². The van der Waals surface area contributed by atoms with E-state index in [2.05, 4.69) is 5.32 Å². The number of furan rings is 1. The summed E-state index contributed by atoms with van der Waals surface area (Å²) in [4.78, 5) is 12.4. The summed E-state index contributed by atoms with van der Waals surface area (Å²) < 4.78 is 18.1. The highest BCUT2D eigenvalue weighted by molar-refractivity contribution is 7.85. The number of hydrogen-bond acceptors (Lipinski definition) is 3. The number of amides is 1. The van der Waals surface area contributed by atoms with E-state index in [0.29, 0.717) is 4.90 Å². The normalized spacial score (nSPS) is 12.9. The molecule has 0 spiro atoms. The largest absolute Gasteiger partial charge is 0.456 e. The summed E-state index contributed by atoms with van der Waals surface area (Å²) in [5, 5.41) is 4.67. The SMILES string of the molecule is CC(C)NC(=O)CS(=O)c1ccc2oc3ccccc3c2c1. The van der Waals surface area contributed by atoms with Crippen molar-refractivity contribution in [1.29, 1.82) is 0 Å². The molecule has 0 bridgehead atoms. The number of nitrogens with one attached hydrogen (secondary N) is 1. The maximum Gasteiger partial charge on any atom is 0.233 e. The second kappa shape index (κ2) is 5.93. The van der Waals surface area contributed by atoms with Gasteiger partial charge in [-0.3, -0.25) is 9.00 Å². The first-order chi connectivity index (χ1) is 10.5. The molecular formula is C17H17NO3S. The quantitative estimate of drug-likeness (QED) is 0.804. The molecule has 2 aromatic carbocycles. The molecule has 114 valence electrons. The predicted molar refractivity (Wildman–Crippen MR) is 88.3 cm³/mol. The second-order valence-electron chi connectivity index (χ2n) is 5.47. The third-order valence-electron chi connectivity index (χ3n) is 3.32. The molecule has 0 fully saturated rings. The Morgan fingerprint density at radius 1 is 1.14 bits per heavy atom. The van der Waals surface area contributed by atoms with Gasteiger partial charge in [0.2, 0.25) is 5.91 Å². The maximum atomic E-state index is 12.4. The summed E-state index contributed by atoms with van der Waals surface area (Å²) in [5.41, 5.74) is 1.56. The first-order valence-corrected chi connectivity index (χ1v) is 8.45. The molecule has 1 atom stereocenters. The highest BCUT2D eigenvalue weighted by Gasteiger charge is 2.13. The van der Waals surface area contributed by atoms with Crippen molar-refractivity contribution in [3.8, 4) is 0 Å². The van der Waals surface area contributed by atoms with Crippen LogP contribution in [0.2, 0.25) is 0 Å². The standard InChI is InChI=1S/C17H17NO3S/c1-11(2)18-17(19)10-22(20)12-7-8-16-14(9-12)13-5-3-4-6-15(13)21-16/h3-9,11H,10H2,1-2H3,(H,18,19). The van der Waals surface area contributed by atoms with Crippen LogP contribution in [-0.2, 0) is 15.6 Å². The monoisotopic (exact) mass is 315 g/mol. The number of carbonyl (C=O) groups excluding carboxylic acids is 1. The number of para-hydroxylation sites is 1. The van der Waals surface area contributed by atoms with Crippen LogP contribution in [0.5, 0.6) is 0 Å². The Kier molecular flexibility index (Phi) is 3.98. The highest BCUT2D eigenvalue weighted by atomic mass is 32.2. The van der Waals surface area contributed by atoms with E-state index in [1.165, 1.54) is 0 Å². The van der Waals surface area contributed by atoms with Crippen molar-refractivity contribution < 1.29 is 13.4 Å². The van der Waals surface area contributed by atoms with E-state index in [4.69, 9.17) is 4.42 Å². The Bertz CT molecular complexity index is 867. The summed E-state index contributed by atoms with van der Waals surface area (Å²) in [7, 11) is -1.37. The van der Waals surface area contributed by atoms with Crippen molar-refractivity contribution in [1.82, 2.24) is 5.32 Å². The molecule has 0 radical (unpaired) electrons. The lowest BCUT2D eigenvalue weighted by atomic mass is 10.1. The summed E-state index contributed by atoms with van der Waals surface area (Å²) in [5.74, 6) is -0.232. The average Bonchev–Trinajstić information content (AvgIpc) is 2.83. The molecule has 3 rings (SSSR count). The molecule has 1 aromatic heterocycles. The van der Waals surface area contributed by atoms with Crippen molar-refractivity contribution in [3.05, 3.63) is 42.5 Å². The van der Waals surface area contributed by atoms with E-state index in [1.54, 1.807) is 6.07 Å². The predicted octanol–water partition coefficient (Wildman–Crippen LogP) is 3.22. The number of benzene rings is 2. The lowest BCUT2D eigenvalue weighted by Crippen LogP contribution is -2.33. The van der Waals surface area contributed by atoms with E-state index >= 15 is 0 Å². The molecule has 5 heteroatoms. The molecule has 0 saturated carbocycles. The molecule has 1 N–H and O–H groups in total. The van der Waals surface area contributed by atoms with E-state index in [1.807, 2.05) is 50.2 Å². The molecule has 1 amide bonds. The Balaban J connectivity index is 1.92. The molecule has 22 heavy (non-hydrogen) atoms. The first kappa shape index (κ1) is 14.8. The third-order valence-corrected chi connectivity index (χ3v) is 4.63. The minimum Gasteiger partial charge on any atom is -0.456 e. The smallest absolute Gasteiger partial charge is 0.233 e. The number of fused-ring (bicyclic) bond motifs is 3. The molecule has 0 aliphatic carbocycles. The number of hydrogen-bond donors (Lipinski definition) is 1. The van der Waals surface area contributed by atoms with Gasteiger partial charge in [-0.1, -0.05) is 18.2 Å². The van der Waals surface area contributed by atoms with E-state index in [0.717, 1.165) is 21.9 Å².